The molecule has 3 heterocycles. The van der Waals surface area contributed by atoms with Crippen LogP contribution in [-0.2, 0) is 13.1 Å². The van der Waals surface area contributed by atoms with Gasteiger partial charge in [0.1, 0.15) is 0 Å². The zero-order valence-electron chi connectivity index (χ0n) is 12.5. The monoisotopic (exact) mass is 288 g/mol. The first kappa shape index (κ1) is 13.8. The molecule has 0 aromatic carbocycles. The highest BCUT2D eigenvalue weighted by Gasteiger charge is 2.20. The smallest absolute Gasteiger partial charge is 0.272 e. The van der Waals surface area contributed by atoms with Crippen molar-refractivity contribution in [3.63, 3.8) is 0 Å². The van der Waals surface area contributed by atoms with E-state index in [0.717, 1.165) is 42.3 Å². The second-order valence-electron chi connectivity index (χ2n) is 5.46. The van der Waals surface area contributed by atoms with E-state index < -0.39 is 0 Å². The van der Waals surface area contributed by atoms with Crippen LogP contribution in [0.4, 0.5) is 0 Å². The van der Waals surface area contributed by atoms with Gasteiger partial charge in [0.15, 0.2) is 5.69 Å². The van der Waals surface area contributed by atoms with Crippen LogP contribution < -0.4 is 10.6 Å². The van der Waals surface area contributed by atoms with Crippen molar-refractivity contribution in [3.05, 3.63) is 34.4 Å². The summed E-state index contributed by atoms with van der Waals surface area (Å²) < 4.78 is 1.89. The summed E-state index contributed by atoms with van der Waals surface area (Å²) in [7, 11) is 0. The number of aromatic amines is 1. The highest BCUT2D eigenvalue weighted by atomic mass is 16.2. The first-order valence-electron chi connectivity index (χ1n) is 7.16. The fraction of sp³-hybridized carbons (Fsp3) is 0.500. The van der Waals surface area contributed by atoms with E-state index >= 15 is 0 Å². The van der Waals surface area contributed by atoms with E-state index in [2.05, 4.69) is 25.9 Å². The van der Waals surface area contributed by atoms with Crippen LogP contribution in [0.5, 0.6) is 0 Å². The molecule has 2 aromatic rings. The lowest BCUT2D eigenvalue weighted by molar-refractivity contribution is 0.0934. The number of aromatic nitrogens is 4. The zero-order valence-corrected chi connectivity index (χ0v) is 12.5. The minimum absolute atomic E-state index is 0.104. The quantitative estimate of drug-likeness (QED) is 0.780. The molecule has 1 aliphatic rings. The minimum Gasteiger partial charge on any atom is -0.344 e. The van der Waals surface area contributed by atoms with Crippen molar-refractivity contribution in [1.29, 1.82) is 0 Å². The molecule has 0 aliphatic carbocycles. The van der Waals surface area contributed by atoms with Gasteiger partial charge in [-0.05, 0) is 26.8 Å². The molecule has 7 heteroatoms. The van der Waals surface area contributed by atoms with Gasteiger partial charge < -0.3 is 10.6 Å². The number of hydrogen-bond donors (Lipinski definition) is 3. The summed E-state index contributed by atoms with van der Waals surface area (Å²) in [5, 5.41) is 17.7. The maximum atomic E-state index is 12.4. The minimum atomic E-state index is -0.149. The molecular formula is C14H20N6O. The molecule has 0 fully saturated rings. The third-order valence-corrected chi connectivity index (χ3v) is 3.87. The normalized spacial score (nSPS) is 15.6. The molecule has 0 bridgehead atoms. The van der Waals surface area contributed by atoms with Crippen molar-refractivity contribution in [2.24, 2.45) is 0 Å². The molecule has 0 saturated carbocycles. The van der Waals surface area contributed by atoms with E-state index in [1.807, 2.05) is 31.5 Å². The summed E-state index contributed by atoms with van der Waals surface area (Å²) in [6.45, 7) is 8.30. The van der Waals surface area contributed by atoms with E-state index in [4.69, 9.17) is 0 Å². The average Bonchev–Trinajstić information content (AvgIpc) is 3.02. The van der Waals surface area contributed by atoms with Crippen molar-refractivity contribution in [1.82, 2.24) is 30.6 Å². The number of carbonyl (C=O) groups is 1. The van der Waals surface area contributed by atoms with Crippen LogP contribution in [0.3, 0.4) is 0 Å². The largest absolute Gasteiger partial charge is 0.344 e. The molecule has 1 aliphatic heterocycles. The first-order valence-corrected chi connectivity index (χ1v) is 7.16. The van der Waals surface area contributed by atoms with Crippen molar-refractivity contribution >= 4 is 5.91 Å². The predicted molar refractivity (Wildman–Crippen MR) is 77.9 cm³/mol. The van der Waals surface area contributed by atoms with Crippen molar-refractivity contribution in [2.75, 3.05) is 6.54 Å². The Hall–Kier alpha value is -2.15. The molecule has 2 aromatic heterocycles. The van der Waals surface area contributed by atoms with Gasteiger partial charge in [0.2, 0.25) is 0 Å². The lowest BCUT2D eigenvalue weighted by Gasteiger charge is -2.14. The fourth-order valence-electron chi connectivity index (χ4n) is 2.84. The topological polar surface area (TPSA) is 87.6 Å². The number of hydrogen-bond acceptors (Lipinski definition) is 4. The maximum Gasteiger partial charge on any atom is 0.272 e. The molecule has 0 unspecified atom stereocenters. The molecule has 0 saturated heterocycles. The Morgan fingerprint density at radius 1 is 1.48 bits per heavy atom. The molecule has 0 radical (unpaired) electrons. The highest BCUT2D eigenvalue weighted by Crippen LogP contribution is 2.19. The number of H-pyrrole nitrogens is 1. The van der Waals surface area contributed by atoms with Gasteiger partial charge in [-0.3, -0.25) is 14.6 Å². The standard InChI is InChI=1S/C14H20N6O/c1-8(13-9(2)17-18-10(13)3)16-14(21)12-6-11-7-15-4-5-20(11)19-12/h6,8,15H,4-5,7H2,1-3H3,(H,16,21)(H,17,18)/t8-/m0/s1. The molecule has 1 amide bonds. The summed E-state index contributed by atoms with van der Waals surface area (Å²) in [6, 6.07) is 1.75. The number of rotatable bonds is 3. The number of nitrogens with zero attached hydrogens (tertiary/aromatic N) is 3. The van der Waals surface area contributed by atoms with Crippen LogP contribution in [0.25, 0.3) is 0 Å². The molecule has 3 N–H and O–H groups in total. The SMILES string of the molecule is Cc1n[nH]c(C)c1[C@H](C)NC(=O)c1cc2n(n1)CCNC2. The number of fused-ring (bicyclic) bond motifs is 1. The average molecular weight is 288 g/mol. The van der Waals surface area contributed by atoms with Gasteiger partial charge in [-0.1, -0.05) is 0 Å². The van der Waals surface area contributed by atoms with E-state index in [1.165, 1.54) is 0 Å². The first-order chi connectivity index (χ1) is 10.1. The van der Waals surface area contributed by atoms with E-state index in [0.29, 0.717) is 5.69 Å². The molecule has 3 rings (SSSR count). The molecule has 1 atom stereocenters. The molecule has 0 spiro atoms. The molecule has 7 nitrogen and oxygen atoms in total. The molecular weight excluding hydrogens is 268 g/mol. The summed E-state index contributed by atoms with van der Waals surface area (Å²) in [5.74, 6) is -0.149. The Labute approximate surface area is 123 Å². The van der Waals surface area contributed by atoms with E-state index in [9.17, 15) is 4.79 Å². The van der Waals surface area contributed by atoms with Gasteiger partial charge in [-0.15, -0.1) is 0 Å². The molecule has 21 heavy (non-hydrogen) atoms. The fourth-order valence-corrected chi connectivity index (χ4v) is 2.84. The summed E-state index contributed by atoms with van der Waals surface area (Å²) in [4.78, 5) is 12.4. The van der Waals surface area contributed by atoms with Crippen LogP contribution >= 0.6 is 0 Å². The third-order valence-electron chi connectivity index (χ3n) is 3.87. The Morgan fingerprint density at radius 3 is 2.95 bits per heavy atom. The predicted octanol–water partition coefficient (Wildman–Crippen LogP) is 0.817. The summed E-state index contributed by atoms with van der Waals surface area (Å²) in [5.41, 5.74) is 4.45. The third kappa shape index (κ3) is 2.56. The number of nitrogens with one attached hydrogen (secondary N) is 3. The van der Waals surface area contributed by atoms with Crippen molar-refractivity contribution < 1.29 is 4.79 Å². The van der Waals surface area contributed by atoms with Gasteiger partial charge in [-0.2, -0.15) is 10.2 Å². The van der Waals surface area contributed by atoms with E-state index in [-0.39, 0.29) is 11.9 Å². The summed E-state index contributed by atoms with van der Waals surface area (Å²) >= 11 is 0. The van der Waals surface area contributed by atoms with Crippen LogP contribution in [0.1, 0.15) is 46.1 Å². The Balaban J connectivity index is 1.75. The second-order valence-corrected chi connectivity index (χ2v) is 5.46. The lowest BCUT2D eigenvalue weighted by atomic mass is 10.1. The number of carbonyl (C=O) groups excluding carboxylic acids is 1. The van der Waals surface area contributed by atoms with Crippen LogP contribution in [-0.4, -0.2) is 32.4 Å². The molecule has 112 valence electrons. The van der Waals surface area contributed by atoms with Crippen LogP contribution in [0.2, 0.25) is 0 Å². The van der Waals surface area contributed by atoms with Crippen molar-refractivity contribution in [3.8, 4) is 0 Å². The van der Waals surface area contributed by atoms with Crippen LogP contribution in [0, 0.1) is 13.8 Å². The van der Waals surface area contributed by atoms with Gasteiger partial charge in [-0.25, -0.2) is 0 Å². The van der Waals surface area contributed by atoms with Gasteiger partial charge >= 0.3 is 0 Å². The number of aryl methyl sites for hydroxylation is 2. The highest BCUT2D eigenvalue weighted by molar-refractivity contribution is 5.92. The maximum absolute atomic E-state index is 12.4. The van der Waals surface area contributed by atoms with Gasteiger partial charge in [0, 0.05) is 24.3 Å². The van der Waals surface area contributed by atoms with Crippen molar-refractivity contribution in [2.45, 2.75) is 39.9 Å². The Kier molecular flexibility index (Phi) is 3.50. The second kappa shape index (κ2) is 5.33. The van der Waals surface area contributed by atoms with Gasteiger partial charge in [0.05, 0.1) is 24.0 Å². The van der Waals surface area contributed by atoms with Gasteiger partial charge in [0.25, 0.3) is 5.91 Å². The Bertz CT molecular complexity index is 628. The van der Waals surface area contributed by atoms with E-state index in [1.54, 1.807) is 0 Å². The Morgan fingerprint density at radius 2 is 2.29 bits per heavy atom. The summed E-state index contributed by atoms with van der Waals surface area (Å²) in [6.07, 6.45) is 0. The van der Waals surface area contributed by atoms with Crippen LogP contribution in [0.15, 0.2) is 6.07 Å². The number of amides is 1. The lowest BCUT2D eigenvalue weighted by Crippen LogP contribution is -2.29. The zero-order chi connectivity index (χ0) is 15.0.